The third kappa shape index (κ3) is 3.60. The number of hydrogen-bond donors (Lipinski definition) is 1. The highest BCUT2D eigenvalue weighted by atomic mass is 16.5. The van der Waals surface area contributed by atoms with E-state index in [1.54, 1.807) is 18.3 Å². The average molecular weight is 285 g/mol. The second kappa shape index (κ2) is 6.56. The Labute approximate surface area is 121 Å². The lowest BCUT2D eigenvalue weighted by Crippen LogP contribution is -1.93. The van der Waals surface area contributed by atoms with Gasteiger partial charge in [-0.15, -0.1) is 0 Å². The lowest BCUT2D eigenvalue weighted by molar-refractivity contribution is -0.135. The van der Waals surface area contributed by atoms with Crippen LogP contribution in [0.5, 0.6) is 0 Å². The molecular weight excluding hydrogens is 270 g/mol. The number of aromatic nitrogens is 1. The van der Waals surface area contributed by atoms with Gasteiger partial charge in [0.1, 0.15) is 0 Å². The van der Waals surface area contributed by atoms with Crippen molar-refractivity contribution in [2.75, 3.05) is 14.2 Å². The van der Waals surface area contributed by atoms with Gasteiger partial charge in [-0.3, -0.25) is 0 Å². The number of H-pyrrole nitrogens is 1. The largest absolute Gasteiger partial charge is 0.466 e. The Bertz CT molecular complexity index is 725. The molecule has 5 heteroatoms. The molecule has 2 rings (SSSR count). The van der Waals surface area contributed by atoms with Gasteiger partial charge in [-0.25, -0.2) is 9.59 Å². The second-order valence-corrected chi connectivity index (χ2v) is 4.26. The van der Waals surface area contributed by atoms with Crippen molar-refractivity contribution >= 4 is 35.0 Å². The maximum Gasteiger partial charge on any atom is 0.330 e. The highest BCUT2D eigenvalue weighted by Gasteiger charge is 2.02. The predicted octanol–water partition coefficient (Wildman–Crippen LogP) is 2.54. The zero-order chi connectivity index (χ0) is 15.2. The maximum absolute atomic E-state index is 11.1. The van der Waals surface area contributed by atoms with E-state index >= 15 is 0 Å². The van der Waals surface area contributed by atoms with Crippen molar-refractivity contribution in [3.63, 3.8) is 0 Å². The summed E-state index contributed by atoms with van der Waals surface area (Å²) in [6.07, 6.45) is 7.90. The van der Waals surface area contributed by atoms with E-state index in [4.69, 9.17) is 0 Å². The van der Waals surface area contributed by atoms with Crippen LogP contribution in [-0.2, 0) is 19.1 Å². The van der Waals surface area contributed by atoms with E-state index in [1.807, 2.05) is 18.2 Å². The molecule has 0 saturated carbocycles. The van der Waals surface area contributed by atoms with Crippen LogP contribution in [0.3, 0.4) is 0 Å². The van der Waals surface area contributed by atoms with Gasteiger partial charge < -0.3 is 14.5 Å². The molecule has 0 atom stereocenters. The minimum atomic E-state index is -0.401. The van der Waals surface area contributed by atoms with Gasteiger partial charge in [-0.2, -0.15) is 0 Å². The van der Waals surface area contributed by atoms with Crippen LogP contribution in [0, 0.1) is 0 Å². The van der Waals surface area contributed by atoms with Gasteiger partial charge in [-0.05, 0) is 23.8 Å². The summed E-state index contributed by atoms with van der Waals surface area (Å²) >= 11 is 0. The van der Waals surface area contributed by atoms with E-state index < -0.39 is 11.9 Å². The van der Waals surface area contributed by atoms with E-state index in [-0.39, 0.29) is 0 Å². The minimum Gasteiger partial charge on any atom is -0.466 e. The molecule has 2 aromatic rings. The SMILES string of the molecule is COC(=O)C=Cc1ccc2c(/C=C/C(=O)OC)c[nH]c2c1. The summed E-state index contributed by atoms with van der Waals surface area (Å²) in [5.41, 5.74) is 2.67. The summed E-state index contributed by atoms with van der Waals surface area (Å²) in [5.74, 6) is -0.801. The first-order chi connectivity index (χ1) is 10.1. The fraction of sp³-hybridized carbons (Fsp3) is 0.125. The summed E-state index contributed by atoms with van der Waals surface area (Å²) in [6.45, 7) is 0. The molecule has 1 N–H and O–H groups in total. The van der Waals surface area contributed by atoms with Crippen LogP contribution in [0.1, 0.15) is 11.1 Å². The van der Waals surface area contributed by atoms with Gasteiger partial charge in [0.2, 0.25) is 0 Å². The van der Waals surface area contributed by atoms with Gasteiger partial charge in [-0.1, -0.05) is 12.1 Å². The highest BCUT2D eigenvalue weighted by Crippen LogP contribution is 2.21. The predicted molar refractivity (Wildman–Crippen MR) is 80.4 cm³/mol. The second-order valence-electron chi connectivity index (χ2n) is 4.26. The molecule has 0 saturated heterocycles. The third-order valence-electron chi connectivity index (χ3n) is 2.95. The smallest absolute Gasteiger partial charge is 0.330 e. The molecule has 5 nitrogen and oxygen atoms in total. The minimum absolute atomic E-state index is 0.400. The van der Waals surface area contributed by atoms with Crippen LogP contribution >= 0.6 is 0 Å². The van der Waals surface area contributed by atoms with E-state index in [1.165, 1.54) is 26.4 Å². The Morgan fingerprint density at radius 2 is 1.71 bits per heavy atom. The van der Waals surface area contributed by atoms with Crippen LogP contribution < -0.4 is 0 Å². The van der Waals surface area contributed by atoms with Crippen molar-refractivity contribution in [3.05, 3.63) is 47.7 Å². The van der Waals surface area contributed by atoms with E-state index in [2.05, 4.69) is 14.5 Å². The molecule has 1 aromatic carbocycles. The first-order valence-electron chi connectivity index (χ1n) is 6.27. The summed E-state index contributed by atoms with van der Waals surface area (Å²) in [7, 11) is 2.67. The maximum atomic E-state index is 11.1. The Morgan fingerprint density at radius 3 is 2.38 bits per heavy atom. The summed E-state index contributed by atoms with van der Waals surface area (Å²) in [6, 6.07) is 5.70. The van der Waals surface area contributed by atoms with Crippen molar-refractivity contribution in [1.29, 1.82) is 0 Å². The molecule has 0 aliphatic carbocycles. The van der Waals surface area contributed by atoms with Crippen molar-refractivity contribution in [3.8, 4) is 0 Å². The Balaban J connectivity index is 2.27. The molecule has 21 heavy (non-hydrogen) atoms. The van der Waals surface area contributed by atoms with Crippen LogP contribution in [0.4, 0.5) is 0 Å². The average Bonchev–Trinajstić information content (AvgIpc) is 2.92. The van der Waals surface area contributed by atoms with Crippen LogP contribution in [0.25, 0.3) is 23.1 Å². The summed E-state index contributed by atoms with van der Waals surface area (Å²) < 4.78 is 9.10. The Kier molecular flexibility index (Phi) is 4.56. The Morgan fingerprint density at radius 1 is 1.05 bits per heavy atom. The van der Waals surface area contributed by atoms with Gasteiger partial charge >= 0.3 is 11.9 Å². The zero-order valence-corrected chi connectivity index (χ0v) is 11.8. The van der Waals surface area contributed by atoms with Gasteiger partial charge in [0.25, 0.3) is 0 Å². The number of aromatic amines is 1. The molecule has 0 spiro atoms. The molecule has 0 amide bonds. The number of fused-ring (bicyclic) bond motifs is 1. The first kappa shape index (κ1) is 14.6. The monoisotopic (exact) mass is 285 g/mol. The van der Waals surface area contributed by atoms with E-state index in [0.717, 1.165) is 22.0 Å². The fourth-order valence-electron chi connectivity index (χ4n) is 1.87. The van der Waals surface area contributed by atoms with Crippen molar-refractivity contribution < 1.29 is 19.1 Å². The fourth-order valence-corrected chi connectivity index (χ4v) is 1.87. The van der Waals surface area contributed by atoms with Crippen molar-refractivity contribution in [2.45, 2.75) is 0 Å². The number of nitrogens with one attached hydrogen (secondary N) is 1. The van der Waals surface area contributed by atoms with Crippen molar-refractivity contribution in [2.24, 2.45) is 0 Å². The molecule has 0 fully saturated rings. The molecule has 1 heterocycles. The van der Waals surface area contributed by atoms with Crippen molar-refractivity contribution in [1.82, 2.24) is 4.98 Å². The van der Waals surface area contributed by atoms with Gasteiger partial charge in [0.05, 0.1) is 14.2 Å². The molecule has 0 bridgehead atoms. The van der Waals surface area contributed by atoms with Crippen LogP contribution in [0.15, 0.2) is 36.5 Å². The number of carbonyl (C=O) groups excluding carboxylic acids is 2. The molecule has 0 aliphatic heterocycles. The number of ether oxygens (including phenoxy) is 2. The number of methoxy groups -OCH3 is 2. The number of rotatable bonds is 4. The van der Waals surface area contributed by atoms with Crippen LogP contribution in [0.2, 0.25) is 0 Å². The molecule has 108 valence electrons. The van der Waals surface area contributed by atoms with Gasteiger partial charge in [0, 0.05) is 34.8 Å². The number of benzene rings is 1. The third-order valence-corrected chi connectivity index (χ3v) is 2.95. The molecule has 0 unspecified atom stereocenters. The molecule has 0 aliphatic rings. The quantitative estimate of drug-likeness (QED) is 0.692. The molecular formula is C16H15NO4. The molecule has 1 aromatic heterocycles. The number of esters is 2. The normalized spacial score (nSPS) is 11.3. The van der Waals surface area contributed by atoms with Gasteiger partial charge in [0.15, 0.2) is 0 Å². The lowest BCUT2D eigenvalue weighted by Gasteiger charge is -1.96. The Hall–Kier alpha value is -2.82. The first-order valence-corrected chi connectivity index (χ1v) is 6.27. The summed E-state index contributed by atoms with van der Waals surface area (Å²) in [4.78, 5) is 25.3. The highest BCUT2D eigenvalue weighted by molar-refractivity contribution is 5.95. The molecule has 0 radical (unpaired) electrons. The zero-order valence-electron chi connectivity index (χ0n) is 11.8. The lowest BCUT2D eigenvalue weighted by atomic mass is 10.1. The van der Waals surface area contributed by atoms with E-state index in [9.17, 15) is 9.59 Å². The topological polar surface area (TPSA) is 68.4 Å². The van der Waals surface area contributed by atoms with E-state index in [0.29, 0.717) is 0 Å². The van der Waals surface area contributed by atoms with Crippen LogP contribution in [-0.4, -0.2) is 31.1 Å². The standard InChI is InChI=1S/C16H15NO4/c1-20-15(18)7-4-11-3-6-13-12(5-8-16(19)21-2)10-17-14(13)9-11/h3-10,17H,1-2H3/b7-4?,8-5+. The number of carbonyl (C=O) groups is 2. The number of hydrogen-bond acceptors (Lipinski definition) is 4. The summed E-state index contributed by atoms with van der Waals surface area (Å²) in [5, 5.41) is 0.977.